The van der Waals surface area contributed by atoms with Gasteiger partial charge in [0.15, 0.2) is 0 Å². The summed E-state index contributed by atoms with van der Waals surface area (Å²) in [6.07, 6.45) is 0.395. The van der Waals surface area contributed by atoms with Crippen molar-refractivity contribution in [2.24, 2.45) is 0 Å². The molecular formula is C23H21FN2O2. The van der Waals surface area contributed by atoms with Crippen molar-refractivity contribution in [2.75, 3.05) is 11.9 Å². The van der Waals surface area contributed by atoms with Crippen molar-refractivity contribution in [3.8, 4) is 0 Å². The Morgan fingerprint density at radius 3 is 2.32 bits per heavy atom. The Morgan fingerprint density at radius 1 is 0.857 bits per heavy atom. The fraction of sp³-hybridized carbons (Fsp3) is 0.130. The van der Waals surface area contributed by atoms with Gasteiger partial charge in [-0.3, -0.25) is 9.59 Å². The van der Waals surface area contributed by atoms with Crippen LogP contribution in [0, 0.1) is 12.7 Å². The van der Waals surface area contributed by atoms with Crippen molar-refractivity contribution in [1.29, 1.82) is 0 Å². The van der Waals surface area contributed by atoms with E-state index in [0.717, 1.165) is 5.56 Å². The summed E-state index contributed by atoms with van der Waals surface area (Å²) in [5.74, 6) is -0.875. The number of hydrogen-bond donors (Lipinski definition) is 2. The topological polar surface area (TPSA) is 58.2 Å². The number of rotatable bonds is 6. The number of anilines is 1. The van der Waals surface area contributed by atoms with Crippen LogP contribution in [-0.4, -0.2) is 18.4 Å². The highest BCUT2D eigenvalue weighted by atomic mass is 19.1. The minimum absolute atomic E-state index is 0.286. The van der Waals surface area contributed by atoms with Crippen LogP contribution in [0.25, 0.3) is 0 Å². The molecule has 0 saturated carbocycles. The Kier molecular flexibility index (Phi) is 6.17. The number of halogens is 1. The highest BCUT2D eigenvalue weighted by Gasteiger charge is 2.11. The quantitative estimate of drug-likeness (QED) is 0.672. The Labute approximate surface area is 163 Å². The molecule has 0 atom stereocenters. The number of benzene rings is 3. The molecule has 2 N–H and O–H groups in total. The summed E-state index contributed by atoms with van der Waals surface area (Å²) in [5.41, 5.74) is 3.06. The van der Waals surface area contributed by atoms with Crippen molar-refractivity contribution in [2.45, 2.75) is 13.3 Å². The summed E-state index contributed by atoms with van der Waals surface area (Å²) < 4.78 is 13.6. The first-order valence-corrected chi connectivity index (χ1v) is 9.02. The van der Waals surface area contributed by atoms with E-state index in [1.165, 1.54) is 6.07 Å². The lowest BCUT2D eigenvalue weighted by Gasteiger charge is -2.09. The van der Waals surface area contributed by atoms with Gasteiger partial charge in [-0.2, -0.15) is 0 Å². The highest BCUT2D eigenvalue weighted by Crippen LogP contribution is 2.13. The van der Waals surface area contributed by atoms with Gasteiger partial charge in [0.25, 0.3) is 11.8 Å². The van der Waals surface area contributed by atoms with Gasteiger partial charge in [0.05, 0.1) is 0 Å². The summed E-state index contributed by atoms with van der Waals surface area (Å²) in [4.78, 5) is 24.8. The molecule has 0 bridgehead atoms. The minimum atomic E-state index is -0.304. The molecule has 0 saturated heterocycles. The summed E-state index contributed by atoms with van der Waals surface area (Å²) in [7, 11) is 0. The molecule has 5 heteroatoms. The molecule has 3 rings (SSSR count). The maximum Gasteiger partial charge on any atom is 0.255 e. The Bertz CT molecular complexity index is 1000. The third-order valence-electron chi connectivity index (χ3n) is 4.30. The second-order valence-electron chi connectivity index (χ2n) is 6.50. The summed E-state index contributed by atoms with van der Waals surface area (Å²) in [5, 5.41) is 5.58. The van der Waals surface area contributed by atoms with Gasteiger partial charge in [0.1, 0.15) is 5.82 Å². The first kappa shape index (κ1) is 19.3. The molecule has 2 amide bonds. The number of carbonyl (C=O) groups is 2. The standard InChI is InChI=1S/C23H21FN2O2/c1-16-6-4-10-20(14-16)26-23(28)19-9-5-8-18(15-19)22(27)25-13-12-17-7-2-3-11-21(17)24/h2-11,14-15H,12-13H2,1H3,(H,25,27)(H,26,28). The van der Waals surface area contributed by atoms with E-state index in [1.807, 2.05) is 31.2 Å². The van der Waals surface area contributed by atoms with Crippen LogP contribution in [0.15, 0.2) is 72.8 Å². The molecule has 0 unspecified atom stereocenters. The number of carbonyl (C=O) groups excluding carboxylic acids is 2. The fourth-order valence-corrected chi connectivity index (χ4v) is 2.84. The monoisotopic (exact) mass is 376 g/mol. The molecule has 3 aromatic carbocycles. The van der Waals surface area contributed by atoms with Crippen LogP contribution in [0.4, 0.5) is 10.1 Å². The first-order valence-electron chi connectivity index (χ1n) is 9.02. The molecule has 28 heavy (non-hydrogen) atoms. The molecule has 0 radical (unpaired) electrons. The van der Waals surface area contributed by atoms with Crippen LogP contribution < -0.4 is 10.6 Å². The molecule has 0 spiro atoms. The number of amides is 2. The predicted octanol–water partition coefficient (Wildman–Crippen LogP) is 4.36. The maximum absolute atomic E-state index is 13.6. The van der Waals surface area contributed by atoms with Crippen molar-refractivity contribution < 1.29 is 14.0 Å². The first-order chi connectivity index (χ1) is 13.5. The van der Waals surface area contributed by atoms with E-state index in [0.29, 0.717) is 35.3 Å². The lowest BCUT2D eigenvalue weighted by Crippen LogP contribution is -2.26. The maximum atomic E-state index is 13.6. The molecule has 0 aromatic heterocycles. The lowest BCUT2D eigenvalue weighted by molar-refractivity contribution is 0.0954. The molecule has 0 aliphatic carbocycles. The van der Waals surface area contributed by atoms with Gasteiger partial charge in [-0.05, 0) is 60.9 Å². The summed E-state index contributed by atoms with van der Waals surface area (Å²) in [6, 6.07) is 20.5. The van der Waals surface area contributed by atoms with Gasteiger partial charge in [-0.25, -0.2) is 4.39 Å². The van der Waals surface area contributed by atoms with E-state index in [2.05, 4.69) is 10.6 Å². The van der Waals surface area contributed by atoms with Crippen molar-refractivity contribution in [3.63, 3.8) is 0 Å². The highest BCUT2D eigenvalue weighted by molar-refractivity contribution is 6.06. The largest absolute Gasteiger partial charge is 0.352 e. The molecule has 4 nitrogen and oxygen atoms in total. The van der Waals surface area contributed by atoms with Crippen LogP contribution in [0.5, 0.6) is 0 Å². The summed E-state index contributed by atoms with van der Waals surface area (Å²) >= 11 is 0. The molecule has 3 aromatic rings. The van der Waals surface area contributed by atoms with Crippen molar-refractivity contribution >= 4 is 17.5 Å². The van der Waals surface area contributed by atoms with Gasteiger partial charge in [-0.15, -0.1) is 0 Å². The van der Waals surface area contributed by atoms with Crippen LogP contribution in [0.3, 0.4) is 0 Å². The average molecular weight is 376 g/mol. The summed E-state index contributed by atoms with van der Waals surface area (Å²) in [6.45, 7) is 2.25. The normalized spacial score (nSPS) is 10.4. The number of aryl methyl sites for hydroxylation is 1. The van der Waals surface area contributed by atoms with Crippen molar-refractivity contribution in [3.05, 3.63) is 101 Å². The van der Waals surface area contributed by atoms with E-state index in [9.17, 15) is 14.0 Å². The van der Waals surface area contributed by atoms with E-state index in [1.54, 1.807) is 42.5 Å². The zero-order valence-electron chi connectivity index (χ0n) is 15.5. The molecule has 0 fully saturated rings. The van der Waals surface area contributed by atoms with E-state index in [4.69, 9.17) is 0 Å². The number of hydrogen-bond acceptors (Lipinski definition) is 2. The third-order valence-corrected chi connectivity index (χ3v) is 4.30. The SMILES string of the molecule is Cc1cccc(NC(=O)c2cccc(C(=O)NCCc3ccccc3F)c2)c1. The smallest absolute Gasteiger partial charge is 0.255 e. The van der Waals surface area contributed by atoms with Gasteiger partial charge in [-0.1, -0.05) is 36.4 Å². The van der Waals surface area contributed by atoms with Gasteiger partial charge in [0.2, 0.25) is 0 Å². The van der Waals surface area contributed by atoms with Gasteiger partial charge < -0.3 is 10.6 Å². The van der Waals surface area contributed by atoms with Crippen LogP contribution in [-0.2, 0) is 6.42 Å². The predicted molar refractivity (Wildman–Crippen MR) is 108 cm³/mol. The third kappa shape index (κ3) is 5.04. The Morgan fingerprint density at radius 2 is 1.57 bits per heavy atom. The van der Waals surface area contributed by atoms with Crippen LogP contribution >= 0.6 is 0 Å². The molecule has 142 valence electrons. The second-order valence-corrected chi connectivity index (χ2v) is 6.50. The van der Waals surface area contributed by atoms with E-state index >= 15 is 0 Å². The lowest BCUT2D eigenvalue weighted by atomic mass is 10.1. The Hall–Kier alpha value is -3.47. The molecule has 0 heterocycles. The molecular weight excluding hydrogens is 355 g/mol. The van der Waals surface area contributed by atoms with Gasteiger partial charge >= 0.3 is 0 Å². The van der Waals surface area contributed by atoms with E-state index in [-0.39, 0.29) is 17.6 Å². The minimum Gasteiger partial charge on any atom is -0.352 e. The zero-order chi connectivity index (χ0) is 19.9. The number of nitrogens with one attached hydrogen (secondary N) is 2. The second kappa shape index (κ2) is 8.95. The molecule has 0 aliphatic rings. The molecule has 0 aliphatic heterocycles. The Balaban J connectivity index is 1.61. The zero-order valence-corrected chi connectivity index (χ0v) is 15.5. The average Bonchev–Trinajstić information content (AvgIpc) is 2.69. The van der Waals surface area contributed by atoms with Crippen LogP contribution in [0.1, 0.15) is 31.8 Å². The van der Waals surface area contributed by atoms with Crippen LogP contribution in [0.2, 0.25) is 0 Å². The fourth-order valence-electron chi connectivity index (χ4n) is 2.84. The van der Waals surface area contributed by atoms with Crippen molar-refractivity contribution in [1.82, 2.24) is 5.32 Å². The van der Waals surface area contributed by atoms with E-state index < -0.39 is 0 Å². The van der Waals surface area contributed by atoms with Gasteiger partial charge in [0, 0.05) is 23.4 Å².